The molecular formula is C14H18N4O2S. The van der Waals surface area contributed by atoms with Crippen molar-refractivity contribution in [3.8, 4) is 0 Å². The summed E-state index contributed by atoms with van der Waals surface area (Å²) in [6.45, 7) is 2.70. The van der Waals surface area contributed by atoms with Crippen molar-refractivity contribution < 1.29 is 8.42 Å². The fourth-order valence-electron chi connectivity index (χ4n) is 1.80. The van der Waals surface area contributed by atoms with Gasteiger partial charge in [-0.15, -0.1) is 0 Å². The first kappa shape index (κ1) is 15.2. The predicted molar refractivity (Wildman–Crippen MR) is 82.8 cm³/mol. The molecule has 0 unspecified atom stereocenters. The van der Waals surface area contributed by atoms with E-state index in [-0.39, 0.29) is 5.03 Å². The van der Waals surface area contributed by atoms with Crippen LogP contribution in [0.15, 0.2) is 47.9 Å². The minimum absolute atomic E-state index is 0.0183. The third-order valence-electron chi connectivity index (χ3n) is 2.95. The first-order valence-corrected chi connectivity index (χ1v) is 8.09. The van der Waals surface area contributed by atoms with E-state index in [2.05, 4.69) is 15.3 Å². The third kappa shape index (κ3) is 3.30. The van der Waals surface area contributed by atoms with Gasteiger partial charge in [-0.25, -0.2) is 4.98 Å². The molecule has 0 bridgehead atoms. The minimum atomic E-state index is -3.73. The van der Waals surface area contributed by atoms with Crippen LogP contribution in [0.5, 0.6) is 0 Å². The monoisotopic (exact) mass is 306 g/mol. The van der Waals surface area contributed by atoms with Crippen LogP contribution in [0.4, 0.5) is 11.4 Å². The molecule has 0 spiro atoms. The van der Waals surface area contributed by atoms with E-state index in [9.17, 15) is 8.42 Å². The number of anilines is 2. The van der Waals surface area contributed by atoms with Gasteiger partial charge in [0.15, 0.2) is 5.03 Å². The zero-order valence-electron chi connectivity index (χ0n) is 12.0. The van der Waals surface area contributed by atoms with E-state index >= 15 is 0 Å². The third-order valence-corrected chi connectivity index (χ3v) is 4.70. The smallest absolute Gasteiger partial charge is 0.283 e. The van der Waals surface area contributed by atoms with Gasteiger partial charge >= 0.3 is 0 Å². The van der Waals surface area contributed by atoms with E-state index in [0.717, 1.165) is 6.42 Å². The number of pyridine rings is 2. The van der Waals surface area contributed by atoms with Crippen LogP contribution in [0, 0.1) is 0 Å². The number of rotatable bonds is 6. The normalized spacial score (nSPS) is 11.1. The molecule has 0 amide bonds. The lowest BCUT2D eigenvalue weighted by atomic mass is 10.4. The Morgan fingerprint density at radius 1 is 1.24 bits per heavy atom. The molecular weight excluding hydrogens is 288 g/mol. The molecule has 0 aromatic carbocycles. The lowest BCUT2D eigenvalue weighted by Crippen LogP contribution is -2.28. The zero-order chi connectivity index (χ0) is 15.3. The Morgan fingerprint density at radius 2 is 2.00 bits per heavy atom. The van der Waals surface area contributed by atoms with Gasteiger partial charge < -0.3 is 5.32 Å². The van der Waals surface area contributed by atoms with E-state index in [1.54, 1.807) is 30.5 Å². The molecule has 0 radical (unpaired) electrons. The zero-order valence-corrected chi connectivity index (χ0v) is 12.8. The van der Waals surface area contributed by atoms with E-state index in [4.69, 9.17) is 0 Å². The lowest BCUT2D eigenvalue weighted by molar-refractivity contribution is 0.591. The fourth-order valence-corrected chi connectivity index (χ4v) is 3.06. The maximum atomic E-state index is 12.7. The summed E-state index contributed by atoms with van der Waals surface area (Å²) in [7, 11) is -2.24. The Bertz CT molecular complexity index is 689. The number of hydrogen-bond donors (Lipinski definition) is 1. The summed E-state index contributed by atoms with van der Waals surface area (Å²) in [6.07, 6.45) is 5.46. The average Bonchev–Trinajstić information content (AvgIpc) is 2.53. The van der Waals surface area contributed by atoms with Crippen LogP contribution in [0.1, 0.15) is 13.3 Å². The molecule has 7 heteroatoms. The summed E-state index contributed by atoms with van der Waals surface area (Å²) < 4.78 is 26.6. The maximum absolute atomic E-state index is 12.7. The van der Waals surface area contributed by atoms with Gasteiger partial charge in [0.1, 0.15) is 0 Å². The van der Waals surface area contributed by atoms with Crippen molar-refractivity contribution in [1.82, 2.24) is 9.97 Å². The van der Waals surface area contributed by atoms with E-state index < -0.39 is 10.0 Å². The van der Waals surface area contributed by atoms with Gasteiger partial charge in [0, 0.05) is 26.0 Å². The van der Waals surface area contributed by atoms with Crippen molar-refractivity contribution in [2.75, 3.05) is 23.2 Å². The minimum Gasteiger partial charge on any atom is -0.383 e. The number of sulfonamides is 1. The fraction of sp³-hybridized carbons (Fsp3) is 0.286. The Hall–Kier alpha value is -2.15. The van der Waals surface area contributed by atoms with E-state index in [0.29, 0.717) is 17.9 Å². The molecule has 112 valence electrons. The van der Waals surface area contributed by atoms with Crippen LogP contribution in [0.2, 0.25) is 0 Å². The van der Waals surface area contributed by atoms with Crippen LogP contribution in [0.3, 0.4) is 0 Å². The summed E-state index contributed by atoms with van der Waals surface area (Å²) in [5.74, 6) is 0. The summed E-state index contributed by atoms with van der Waals surface area (Å²) in [6, 6.07) is 6.80. The first-order valence-electron chi connectivity index (χ1n) is 6.65. The highest BCUT2D eigenvalue weighted by molar-refractivity contribution is 7.92. The summed E-state index contributed by atoms with van der Waals surface area (Å²) in [5.41, 5.74) is 1.000. The topological polar surface area (TPSA) is 75.2 Å². The van der Waals surface area contributed by atoms with Gasteiger partial charge in [0.25, 0.3) is 10.0 Å². The van der Waals surface area contributed by atoms with Gasteiger partial charge in [-0.2, -0.15) is 8.42 Å². The van der Waals surface area contributed by atoms with Gasteiger partial charge in [-0.05, 0) is 30.7 Å². The van der Waals surface area contributed by atoms with Crippen molar-refractivity contribution in [1.29, 1.82) is 0 Å². The number of nitrogens with one attached hydrogen (secondary N) is 1. The van der Waals surface area contributed by atoms with Crippen LogP contribution < -0.4 is 9.62 Å². The summed E-state index contributed by atoms with van der Waals surface area (Å²) in [5, 5.41) is 3.11. The van der Waals surface area contributed by atoms with Gasteiger partial charge in [0.05, 0.1) is 17.6 Å². The van der Waals surface area contributed by atoms with Crippen molar-refractivity contribution in [3.63, 3.8) is 0 Å². The number of nitrogens with zero attached hydrogens (tertiary/aromatic N) is 3. The Labute approximate surface area is 124 Å². The molecule has 0 saturated carbocycles. The van der Waals surface area contributed by atoms with Gasteiger partial charge in [-0.3, -0.25) is 9.29 Å². The van der Waals surface area contributed by atoms with Crippen LogP contribution in [-0.2, 0) is 10.0 Å². The molecule has 0 fully saturated rings. The second kappa shape index (κ2) is 6.53. The second-order valence-corrected chi connectivity index (χ2v) is 6.35. The molecule has 2 aromatic heterocycles. The van der Waals surface area contributed by atoms with Crippen LogP contribution in [0.25, 0.3) is 0 Å². The van der Waals surface area contributed by atoms with Crippen LogP contribution in [-0.4, -0.2) is 32.0 Å². The summed E-state index contributed by atoms with van der Waals surface area (Å²) in [4.78, 5) is 7.98. The number of hydrogen-bond acceptors (Lipinski definition) is 5. The van der Waals surface area contributed by atoms with Crippen molar-refractivity contribution >= 4 is 21.4 Å². The van der Waals surface area contributed by atoms with Crippen LogP contribution >= 0.6 is 0 Å². The van der Waals surface area contributed by atoms with Crippen molar-refractivity contribution in [3.05, 3.63) is 42.9 Å². The predicted octanol–water partition coefficient (Wildman–Crippen LogP) is 2.12. The molecule has 1 N–H and O–H groups in total. The molecule has 0 atom stereocenters. The highest BCUT2D eigenvalue weighted by atomic mass is 32.2. The van der Waals surface area contributed by atoms with Crippen molar-refractivity contribution in [2.45, 2.75) is 18.4 Å². The second-order valence-electron chi connectivity index (χ2n) is 4.47. The molecule has 2 rings (SSSR count). The molecule has 6 nitrogen and oxygen atoms in total. The summed E-state index contributed by atoms with van der Waals surface area (Å²) >= 11 is 0. The molecule has 2 aromatic rings. The Kier molecular flexibility index (Phi) is 4.74. The molecule has 0 aliphatic rings. The first-order chi connectivity index (χ1) is 10.1. The molecule has 21 heavy (non-hydrogen) atoms. The highest BCUT2D eigenvalue weighted by Crippen LogP contribution is 2.24. The molecule has 2 heterocycles. The van der Waals surface area contributed by atoms with E-state index in [1.807, 2.05) is 6.92 Å². The molecule has 0 saturated heterocycles. The average molecular weight is 306 g/mol. The highest BCUT2D eigenvalue weighted by Gasteiger charge is 2.25. The van der Waals surface area contributed by atoms with E-state index in [1.165, 1.54) is 23.7 Å². The SMILES string of the molecule is CCCNc1cccnc1S(=O)(=O)N(C)c1cccnc1. The Morgan fingerprint density at radius 3 is 2.67 bits per heavy atom. The molecule has 0 aliphatic carbocycles. The quantitative estimate of drug-likeness (QED) is 0.885. The number of aromatic nitrogens is 2. The van der Waals surface area contributed by atoms with Gasteiger partial charge in [-0.1, -0.05) is 6.92 Å². The van der Waals surface area contributed by atoms with Gasteiger partial charge in [0.2, 0.25) is 0 Å². The van der Waals surface area contributed by atoms with Crippen molar-refractivity contribution in [2.24, 2.45) is 0 Å². The lowest BCUT2D eigenvalue weighted by Gasteiger charge is -2.20. The largest absolute Gasteiger partial charge is 0.383 e. The Balaban J connectivity index is 2.40. The standard InChI is InChI=1S/C14H18N4O2S/c1-3-8-16-13-7-5-10-17-14(13)21(19,20)18(2)12-6-4-9-15-11-12/h4-7,9-11,16H,3,8H2,1-2H3. The maximum Gasteiger partial charge on any atom is 0.283 e. The molecule has 0 aliphatic heterocycles.